The molecule has 0 unspecified atom stereocenters. The summed E-state index contributed by atoms with van der Waals surface area (Å²) in [7, 11) is 0. The number of hydrogen-bond acceptors (Lipinski definition) is 2. The minimum atomic E-state index is -0.439. The van der Waals surface area contributed by atoms with Gasteiger partial charge in [0.1, 0.15) is 5.82 Å². The molecule has 0 spiro atoms. The quantitative estimate of drug-likeness (QED) is 0.868. The van der Waals surface area contributed by atoms with Gasteiger partial charge in [0.25, 0.3) is 0 Å². The molecule has 4 heteroatoms. The lowest BCUT2D eigenvalue weighted by molar-refractivity contribution is 0.466. The van der Waals surface area contributed by atoms with Crippen molar-refractivity contribution in [1.29, 1.82) is 5.26 Å². The first-order valence-corrected chi connectivity index (χ1v) is 5.42. The highest BCUT2D eigenvalue weighted by atomic mass is 35.5. The summed E-state index contributed by atoms with van der Waals surface area (Å²) >= 11 is 5.56. The van der Waals surface area contributed by atoms with Crippen molar-refractivity contribution in [2.75, 3.05) is 11.9 Å². The summed E-state index contributed by atoms with van der Waals surface area (Å²) in [6, 6.07) is 6.78. The number of halogens is 2. The molecule has 1 rings (SSSR count). The van der Waals surface area contributed by atoms with Gasteiger partial charge in [-0.15, -0.1) is 0 Å². The summed E-state index contributed by atoms with van der Waals surface area (Å²) in [6.45, 7) is 4.37. The highest BCUT2D eigenvalue weighted by Gasteiger charge is 2.15. The lowest BCUT2D eigenvalue weighted by Gasteiger charge is -2.15. The monoisotopic (exact) mass is 240 g/mol. The van der Waals surface area contributed by atoms with Crippen LogP contribution in [0.5, 0.6) is 0 Å². The first-order valence-electron chi connectivity index (χ1n) is 5.05. The van der Waals surface area contributed by atoms with Gasteiger partial charge in [0, 0.05) is 12.2 Å². The summed E-state index contributed by atoms with van der Waals surface area (Å²) in [6.07, 6.45) is 0.702. The Kier molecular flexibility index (Phi) is 4.14. The Bertz CT molecular complexity index is 410. The van der Waals surface area contributed by atoms with Gasteiger partial charge in [0.15, 0.2) is 0 Å². The summed E-state index contributed by atoms with van der Waals surface area (Å²) in [5.74, 6) is -0.439. The van der Waals surface area contributed by atoms with E-state index in [1.165, 1.54) is 12.1 Å². The maximum atomic E-state index is 13.1. The summed E-state index contributed by atoms with van der Waals surface area (Å²) in [4.78, 5) is 0. The van der Waals surface area contributed by atoms with Crippen molar-refractivity contribution in [3.8, 4) is 6.07 Å². The van der Waals surface area contributed by atoms with Crippen LogP contribution in [0.4, 0.5) is 10.1 Å². The third-order valence-corrected chi connectivity index (χ3v) is 2.61. The summed E-state index contributed by atoms with van der Waals surface area (Å²) in [5, 5.41) is 12.0. The highest BCUT2D eigenvalue weighted by molar-refractivity contribution is 6.30. The fraction of sp³-hybridized carbons (Fsp3) is 0.417. The van der Waals surface area contributed by atoms with Crippen LogP contribution in [0.15, 0.2) is 18.2 Å². The molecule has 0 atom stereocenters. The molecule has 16 heavy (non-hydrogen) atoms. The molecule has 0 radical (unpaired) electrons. The van der Waals surface area contributed by atoms with Crippen LogP contribution < -0.4 is 5.32 Å². The third kappa shape index (κ3) is 3.71. The van der Waals surface area contributed by atoms with Gasteiger partial charge < -0.3 is 5.32 Å². The number of nitriles is 1. The van der Waals surface area contributed by atoms with Gasteiger partial charge in [0.2, 0.25) is 0 Å². The Hall–Kier alpha value is -1.27. The predicted molar refractivity (Wildman–Crippen MR) is 63.9 cm³/mol. The highest BCUT2D eigenvalue weighted by Crippen LogP contribution is 2.21. The van der Waals surface area contributed by atoms with Crippen molar-refractivity contribution < 1.29 is 4.39 Å². The Morgan fingerprint density at radius 3 is 2.75 bits per heavy atom. The lowest BCUT2D eigenvalue weighted by atomic mass is 9.91. The number of anilines is 1. The molecule has 0 saturated carbocycles. The Morgan fingerprint density at radius 1 is 1.50 bits per heavy atom. The summed E-state index contributed by atoms with van der Waals surface area (Å²) < 4.78 is 13.1. The topological polar surface area (TPSA) is 35.8 Å². The van der Waals surface area contributed by atoms with Gasteiger partial charge in [-0.2, -0.15) is 5.26 Å². The molecule has 0 amide bonds. The van der Waals surface area contributed by atoms with Crippen molar-refractivity contribution in [2.24, 2.45) is 5.41 Å². The van der Waals surface area contributed by atoms with Gasteiger partial charge >= 0.3 is 0 Å². The molecule has 1 aromatic carbocycles. The molecule has 0 bridgehead atoms. The molecule has 0 aliphatic heterocycles. The van der Waals surface area contributed by atoms with Gasteiger partial charge in [-0.3, -0.25) is 0 Å². The van der Waals surface area contributed by atoms with E-state index in [0.717, 1.165) is 0 Å². The standard InChI is InChI=1S/C12H14ClFN2/c1-12(2,8-15)5-6-16-9-3-4-10(13)11(14)7-9/h3-4,7,16H,5-6H2,1-2H3. The largest absolute Gasteiger partial charge is 0.385 e. The number of hydrogen-bond donors (Lipinski definition) is 1. The van der Waals surface area contributed by atoms with E-state index in [9.17, 15) is 4.39 Å². The van der Waals surface area contributed by atoms with Crippen LogP contribution in [0.3, 0.4) is 0 Å². The first-order chi connectivity index (χ1) is 7.44. The Balaban J connectivity index is 2.50. The lowest BCUT2D eigenvalue weighted by Crippen LogP contribution is -2.14. The fourth-order valence-electron chi connectivity index (χ4n) is 1.18. The van der Waals surface area contributed by atoms with E-state index in [4.69, 9.17) is 16.9 Å². The zero-order chi connectivity index (χ0) is 12.2. The molecule has 86 valence electrons. The van der Waals surface area contributed by atoms with E-state index in [-0.39, 0.29) is 10.4 Å². The number of benzene rings is 1. The van der Waals surface area contributed by atoms with Crippen molar-refractivity contribution in [2.45, 2.75) is 20.3 Å². The second kappa shape index (κ2) is 5.18. The fourth-order valence-corrected chi connectivity index (χ4v) is 1.30. The average Bonchev–Trinajstić information content (AvgIpc) is 2.23. The summed E-state index contributed by atoms with van der Waals surface area (Å²) in [5.41, 5.74) is 0.313. The van der Waals surface area contributed by atoms with Crippen molar-refractivity contribution in [3.63, 3.8) is 0 Å². The van der Waals surface area contributed by atoms with E-state index in [1.54, 1.807) is 6.07 Å². The molecule has 0 aromatic heterocycles. The van der Waals surface area contributed by atoms with E-state index in [1.807, 2.05) is 13.8 Å². The van der Waals surface area contributed by atoms with Gasteiger partial charge in [-0.1, -0.05) is 11.6 Å². The van der Waals surface area contributed by atoms with Crippen LogP contribution in [0, 0.1) is 22.6 Å². The Morgan fingerprint density at radius 2 is 2.19 bits per heavy atom. The van der Waals surface area contributed by atoms with Crippen molar-refractivity contribution in [3.05, 3.63) is 29.0 Å². The van der Waals surface area contributed by atoms with Crippen LogP contribution >= 0.6 is 11.6 Å². The first kappa shape index (κ1) is 12.8. The molecule has 1 N–H and O–H groups in total. The molecule has 0 heterocycles. The smallest absolute Gasteiger partial charge is 0.143 e. The molecule has 2 nitrogen and oxygen atoms in total. The molecule has 0 aliphatic carbocycles. The van der Waals surface area contributed by atoms with Crippen LogP contribution in [0.1, 0.15) is 20.3 Å². The van der Waals surface area contributed by atoms with Gasteiger partial charge in [-0.25, -0.2) is 4.39 Å². The second-order valence-corrected chi connectivity index (χ2v) is 4.71. The number of nitrogens with zero attached hydrogens (tertiary/aromatic N) is 1. The molecule has 0 saturated heterocycles. The third-order valence-electron chi connectivity index (χ3n) is 2.30. The van der Waals surface area contributed by atoms with Crippen molar-refractivity contribution >= 4 is 17.3 Å². The van der Waals surface area contributed by atoms with E-state index in [2.05, 4.69) is 11.4 Å². The van der Waals surface area contributed by atoms with E-state index in [0.29, 0.717) is 18.7 Å². The predicted octanol–water partition coefficient (Wildman–Crippen LogP) is 3.83. The minimum Gasteiger partial charge on any atom is -0.385 e. The van der Waals surface area contributed by atoms with Gasteiger partial charge in [0.05, 0.1) is 16.5 Å². The van der Waals surface area contributed by atoms with Crippen LogP contribution in [-0.4, -0.2) is 6.54 Å². The molecular weight excluding hydrogens is 227 g/mol. The molecule has 0 fully saturated rings. The maximum absolute atomic E-state index is 13.1. The van der Waals surface area contributed by atoms with Crippen LogP contribution in [0.25, 0.3) is 0 Å². The molecular formula is C12H14ClFN2. The zero-order valence-corrected chi connectivity index (χ0v) is 10.1. The maximum Gasteiger partial charge on any atom is 0.143 e. The Labute approximate surface area is 100 Å². The average molecular weight is 241 g/mol. The molecule has 1 aromatic rings. The second-order valence-electron chi connectivity index (χ2n) is 4.30. The SMILES string of the molecule is CC(C)(C#N)CCNc1ccc(Cl)c(F)c1. The van der Waals surface area contributed by atoms with Crippen LogP contribution in [-0.2, 0) is 0 Å². The zero-order valence-electron chi connectivity index (χ0n) is 9.35. The van der Waals surface area contributed by atoms with E-state index >= 15 is 0 Å². The molecule has 0 aliphatic rings. The van der Waals surface area contributed by atoms with Gasteiger partial charge in [-0.05, 0) is 38.5 Å². The normalized spacial score (nSPS) is 10.9. The van der Waals surface area contributed by atoms with Crippen molar-refractivity contribution in [1.82, 2.24) is 0 Å². The number of nitrogens with one attached hydrogen (secondary N) is 1. The minimum absolute atomic E-state index is 0.114. The number of rotatable bonds is 4. The van der Waals surface area contributed by atoms with Crippen LogP contribution in [0.2, 0.25) is 5.02 Å². The van der Waals surface area contributed by atoms with E-state index < -0.39 is 5.82 Å².